The third-order valence-electron chi connectivity index (χ3n) is 2.88. The SMILES string of the molecule is CC1(C)CCCN(C(=O)CNC(=O)CN)C1. The van der Waals surface area contributed by atoms with Gasteiger partial charge in [-0.05, 0) is 18.3 Å². The fourth-order valence-electron chi connectivity index (χ4n) is 1.99. The fourth-order valence-corrected chi connectivity index (χ4v) is 1.99. The van der Waals surface area contributed by atoms with Gasteiger partial charge in [0.2, 0.25) is 11.8 Å². The highest BCUT2D eigenvalue weighted by atomic mass is 16.2. The standard InChI is InChI=1S/C11H21N3O2/c1-11(2)4-3-5-14(8-11)10(16)7-13-9(15)6-12/h3-8,12H2,1-2H3,(H,13,15). The van der Waals surface area contributed by atoms with Gasteiger partial charge in [0.15, 0.2) is 0 Å². The van der Waals surface area contributed by atoms with Crippen LogP contribution >= 0.6 is 0 Å². The predicted octanol–water partition coefficient (Wildman–Crippen LogP) is -0.290. The number of hydrogen-bond acceptors (Lipinski definition) is 3. The Balaban J connectivity index is 2.39. The lowest BCUT2D eigenvalue weighted by molar-refractivity contribution is -0.135. The molecule has 5 heteroatoms. The number of amides is 2. The maximum absolute atomic E-state index is 11.8. The first-order chi connectivity index (χ1) is 7.44. The highest BCUT2D eigenvalue weighted by molar-refractivity contribution is 5.85. The molecule has 0 aromatic heterocycles. The second-order valence-electron chi connectivity index (χ2n) is 5.06. The van der Waals surface area contributed by atoms with Crippen molar-refractivity contribution in [3.8, 4) is 0 Å². The second-order valence-corrected chi connectivity index (χ2v) is 5.06. The first kappa shape index (κ1) is 13.0. The number of nitrogens with one attached hydrogen (secondary N) is 1. The summed E-state index contributed by atoms with van der Waals surface area (Å²) in [5.74, 6) is -0.306. The van der Waals surface area contributed by atoms with E-state index in [0.29, 0.717) is 0 Å². The number of nitrogens with zero attached hydrogens (tertiary/aromatic N) is 1. The van der Waals surface area contributed by atoms with E-state index in [-0.39, 0.29) is 30.3 Å². The van der Waals surface area contributed by atoms with Crippen LogP contribution in [0.15, 0.2) is 0 Å². The quantitative estimate of drug-likeness (QED) is 0.695. The van der Waals surface area contributed by atoms with Gasteiger partial charge in [-0.2, -0.15) is 0 Å². The fraction of sp³-hybridized carbons (Fsp3) is 0.818. The molecule has 0 aliphatic carbocycles. The van der Waals surface area contributed by atoms with E-state index in [2.05, 4.69) is 19.2 Å². The minimum absolute atomic E-state index is 0.0189. The summed E-state index contributed by atoms with van der Waals surface area (Å²) in [4.78, 5) is 24.5. The molecule has 0 unspecified atom stereocenters. The van der Waals surface area contributed by atoms with Crippen molar-refractivity contribution in [2.24, 2.45) is 11.1 Å². The molecule has 0 saturated carbocycles. The molecule has 16 heavy (non-hydrogen) atoms. The predicted molar refractivity (Wildman–Crippen MR) is 61.7 cm³/mol. The van der Waals surface area contributed by atoms with Crippen molar-refractivity contribution >= 4 is 11.8 Å². The van der Waals surface area contributed by atoms with Gasteiger partial charge in [0, 0.05) is 13.1 Å². The molecule has 1 aliphatic heterocycles. The summed E-state index contributed by atoms with van der Waals surface area (Å²) in [6, 6.07) is 0. The minimum atomic E-state index is -0.287. The first-order valence-electron chi connectivity index (χ1n) is 5.69. The summed E-state index contributed by atoms with van der Waals surface area (Å²) < 4.78 is 0. The lowest BCUT2D eigenvalue weighted by Gasteiger charge is -2.38. The van der Waals surface area contributed by atoms with Crippen LogP contribution in [0.3, 0.4) is 0 Å². The molecule has 0 bridgehead atoms. The Bertz CT molecular complexity index is 276. The lowest BCUT2D eigenvalue weighted by atomic mass is 9.84. The van der Waals surface area contributed by atoms with Crippen LogP contribution in [0.1, 0.15) is 26.7 Å². The van der Waals surface area contributed by atoms with E-state index in [4.69, 9.17) is 5.73 Å². The van der Waals surface area contributed by atoms with Crippen LogP contribution in [0.5, 0.6) is 0 Å². The Morgan fingerprint density at radius 1 is 1.44 bits per heavy atom. The van der Waals surface area contributed by atoms with E-state index in [1.807, 2.05) is 4.90 Å². The van der Waals surface area contributed by atoms with Crippen molar-refractivity contribution in [2.45, 2.75) is 26.7 Å². The molecule has 0 radical (unpaired) electrons. The number of carbonyl (C=O) groups excluding carboxylic acids is 2. The van der Waals surface area contributed by atoms with Crippen LogP contribution in [-0.4, -0.2) is 42.9 Å². The highest BCUT2D eigenvalue weighted by Crippen LogP contribution is 2.28. The number of carbonyl (C=O) groups is 2. The van der Waals surface area contributed by atoms with E-state index in [1.165, 1.54) is 0 Å². The lowest BCUT2D eigenvalue weighted by Crippen LogP contribution is -2.48. The Labute approximate surface area is 96.4 Å². The van der Waals surface area contributed by atoms with Gasteiger partial charge in [-0.1, -0.05) is 13.8 Å². The number of likely N-dealkylation sites (tertiary alicyclic amines) is 1. The molecule has 0 aromatic carbocycles. The maximum atomic E-state index is 11.8. The minimum Gasteiger partial charge on any atom is -0.346 e. The van der Waals surface area contributed by atoms with Crippen LogP contribution in [0, 0.1) is 5.41 Å². The van der Waals surface area contributed by atoms with E-state index in [9.17, 15) is 9.59 Å². The summed E-state index contributed by atoms with van der Waals surface area (Å²) in [5.41, 5.74) is 5.33. The van der Waals surface area contributed by atoms with Crippen LogP contribution in [0.25, 0.3) is 0 Å². The Hall–Kier alpha value is -1.10. The van der Waals surface area contributed by atoms with E-state index in [0.717, 1.165) is 25.9 Å². The zero-order valence-corrected chi connectivity index (χ0v) is 10.1. The first-order valence-corrected chi connectivity index (χ1v) is 5.69. The molecule has 1 fully saturated rings. The number of piperidine rings is 1. The largest absolute Gasteiger partial charge is 0.346 e. The molecule has 5 nitrogen and oxygen atoms in total. The third-order valence-corrected chi connectivity index (χ3v) is 2.88. The second kappa shape index (κ2) is 5.30. The molecule has 1 saturated heterocycles. The summed E-state index contributed by atoms with van der Waals surface area (Å²) in [6.07, 6.45) is 2.18. The smallest absolute Gasteiger partial charge is 0.241 e. The van der Waals surface area contributed by atoms with Gasteiger partial charge in [-0.25, -0.2) is 0 Å². The van der Waals surface area contributed by atoms with Gasteiger partial charge in [0.25, 0.3) is 0 Å². The van der Waals surface area contributed by atoms with Gasteiger partial charge >= 0.3 is 0 Å². The van der Waals surface area contributed by atoms with Gasteiger partial charge in [0.05, 0.1) is 13.1 Å². The Morgan fingerprint density at radius 3 is 2.69 bits per heavy atom. The average molecular weight is 227 g/mol. The summed E-state index contributed by atoms with van der Waals surface area (Å²) >= 11 is 0. The summed E-state index contributed by atoms with van der Waals surface area (Å²) in [5, 5.41) is 2.50. The van der Waals surface area contributed by atoms with Crippen LogP contribution in [0.2, 0.25) is 0 Å². The molecular weight excluding hydrogens is 206 g/mol. The Kier molecular flexibility index (Phi) is 4.29. The monoisotopic (exact) mass is 227 g/mol. The van der Waals surface area contributed by atoms with Gasteiger partial charge < -0.3 is 16.0 Å². The normalized spacial score (nSPS) is 19.3. The molecule has 92 valence electrons. The molecule has 1 aliphatic rings. The summed E-state index contributed by atoms with van der Waals surface area (Å²) in [6.45, 7) is 5.87. The van der Waals surface area contributed by atoms with Gasteiger partial charge in [-0.15, -0.1) is 0 Å². The van der Waals surface area contributed by atoms with E-state index >= 15 is 0 Å². The van der Waals surface area contributed by atoms with Crippen molar-refractivity contribution in [1.82, 2.24) is 10.2 Å². The third kappa shape index (κ3) is 3.81. The zero-order valence-electron chi connectivity index (χ0n) is 10.1. The molecule has 0 atom stereocenters. The van der Waals surface area contributed by atoms with Crippen LogP contribution < -0.4 is 11.1 Å². The average Bonchev–Trinajstić information content (AvgIpc) is 2.23. The van der Waals surface area contributed by atoms with Crippen molar-refractivity contribution < 1.29 is 9.59 Å². The van der Waals surface area contributed by atoms with Crippen LogP contribution in [0.4, 0.5) is 0 Å². The zero-order chi connectivity index (χ0) is 12.2. The maximum Gasteiger partial charge on any atom is 0.241 e. The van der Waals surface area contributed by atoms with Crippen molar-refractivity contribution in [3.63, 3.8) is 0 Å². The highest BCUT2D eigenvalue weighted by Gasteiger charge is 2.28. The topological polar surface area (TPSA) is 75.4 Å². The van der Waals surface area contributed by atoms with Crippen molar-refractivity contribution in [1.29, 1.82) is 0 Å². The number of hydrogen-bond donors (Lipinski definition) is 2. The number of rotatable bonds is 3. The molecule has 0 spiro atoms. The van der Waals surface area contributed by atoms with Crippen molar-refractivity contribution in [3.05, 3.63) is 0 Å². The van der Waals surface area contributed by atoms with Gasteiger partial charge in [0.1, 0.15) is 0 Å². The molecule has 1 heterocycles. The Morgan fingerprint density at radius 2 is 2.12 bits per heavy atom. The molecule has 3 N–H and O–H groups in total. The van der Waals surface area contributed by atoms with E-state index < -0.39 is 0 Å². The van der Waals surface area contributed by atoms with Gasteiger partial charge in [-0.3, -0.25) is 9.59 Å². The molecular formula is C11H21N3O2. The van der Waals surface area contributed by atoms with Crippen LogP contribution in [-0.2, 0) is 9.59 Å². The number of nitrogens with two attached hydrogens (primary N) is 1. The summed E-state index contributed by atoms with van der Waals surface area (Å²) in [7, 11) is 0. The van der Waals surface area contributed by atoms with Crippen molar-refractivity contribution in [2.75, 3.05) is 26.2 Å². The van der Waals surface area contributed by atoms with E-state index in [1.54, 1.807) is 0 Å². The molecule has 0 aromatic rings. The molecule has 2 amide bonds. The molecule has 1 rings (SSSR count).